The first-order valence-electron chi connectivity index (χ1n) is 6.95. The second-order valence-corrected chi connectivity index (χ2v) is 5.70. The van der Waals surface area contributed by atoms with Crippen LogP contribution < -0.4 is 0 Å². The number of benzene rings is 1. The van der Waals surface area contributed by atoms with Gasteiger partial charge in [0.25, 0.3) is 5.91 Å². The molecule has 0 bridgehead atoms. The van der Waals surface area contributed by atoms with Gasteiger partial charge in [-0.1, -0.05) is 18.2 Å². The molecule has 0 N–H and O–H groups in total. The van der Waals surface area contributed by atoms with Gasteiger partial charge in [0.1, 0.15) is 0 Å². The summed E-state index contributed by atoms with van der Waals surface area (Å²) in [5.74, 6) is 0.115. The molecule has 1 aliphatic heterocycles. The van der Waals surface area contributed by atoms with E-state index in [0.717, 1.165) is 11.1 Å². The molecule has 4 heteroatoms. The topological polar surface area (TPSA) is 38.1 Å². The lowest BCUT2D eigenvalue weighted by Crippen LogP contribution is -2.56. The van der Waals surface area contributed by atoms with Crippen molar-refractivity contribution in [1.29, 1.82) is 0 Å². The average Bonchev–Trinajstić information content (AvgIpc) is 2.92. The van der Waals surface area contributed by atoms with Gasteiger partial charge in [0.15, 0.2) is 0 Å². The van der Waals surface area contributed by atoms with Gasteiger partial charge in [0, 0.05) is 24.5 Å². The van der Waals surface area contributed by atoms with Crippen molar-refractivity contribution in [2.75, 3.05) is 6.54 Å². The Morgan fingerprint density at radius 3 is 2.70 bits per heavy atom. The first-order chi connectivity index (χ1) is 9.57. The van der Waals surface area contributed by atoms with E-state index in [1.54, 1.807) is 6.20 Å². The number of hydrogen-bond donors (Lipinski definition) is 0. The summed E-state index contributed by atoms with van der Waals surface area (Å²) < 4.78 is 2.09. The lowest BCUT2D eigenvalue weighted by molar-refractivity contribution is 0.0412. The minimum absolute atomic E-state index is 0.0823. The molecule has 1 aliphatic rings. The summed E-state index contributed by atoms with van der Waals surface area (Å²) in [7, 11) is 0. The Labute approximate surface area is 119 Å². The van der Waals surface area contributed by atoms with Crippen LogP contribution in [0, 0.1) is 0 Å². The van der Waals surface area contributed by atoms with Crippen molar-refractivity contribution in [3.05, 3.63) is 54.1 Å². The van der Waals surface area contributed by atoms with Crippen LogP contribution in [0.2, 0.25) is 0 Å². The Hall–Kier alpha value is -2.10. The SMILES string of the molecule is CCN1C(=O)c2ccccc2C(n2ccnc2)C1(C)C. The normalized spacial score (nSPS) is 20.9. The maximum atomic E-state index is 12.7. The fourth-order valence-electron chi connectivity index (χ4n) is 3.36. The van der Waals surface area contributed by atoms with Crippen LogP contribution in [0.5, 0.6) is 0 Å². The monoisotopic (exact) mass is 269 g/mol. The first kappa shape index (κ1) is 12.9. The molecule has 0 fully saturated rings. The lowest BCUT2D eigenvalue weighted by Gasteiger charge is -2.48. The number of imidazole rings is 1. The standard InChI is InChI=1S/C16H19N3O/c1-4-19-15(20)13-8-6-5-7-12(13)14(16(19,2)3)18-10-9-17-11-18/h5-11,14H,4H2,1-3H3. The van der Waals surface area contributed by atoms with Crippen LogP contribution >= 0.6 is 0 Å². The van der Waals surface area contributed by atoms with E-state index in [-0.39, 0.29) is 17.5 Å². The van der Waals surface area contributed by atoms with Gasteiger partial charge in [0.05, 0.1) is 17.9 Å². The molecule has 0 saturated heterocycles. The van der Waals surface area contributed by atoms with E-state index >= 15 is 0 Å². The Morgan fingerprint density at radius 1 is 1.30 bits per heavy atom. The molecule has 0 radical (unpaired) electrons. The van der Waals surface area contributed by atoms with Gasteiger partial charge in [-0.25, -0.2) is 4.98 Å². The molecule has 20 heavy (non-hydrogen) atoms. The van der Waals surface area contributed by atoms with Crippen LogP contribution in [-0.2, 0) is 0 Å². The molecule has 3 rings (SSSR count). The molecule has 1 amide bonds. The zero-order chi connectivity index (χ0) is 14.3. The summed E-state index contributed by atoms with van der Waals surface area (Å²) in [6.07, 6.45) is 5.57. The second kappa shape index (κ2) is 4.47. The van der Waals surface area contributed by atoms with Crippen molar-refractivity contribution in [2.24, 2.45) is 0 Å². The van der Waals surface area contributed by atoms with E-state index in [1.807, 2.05) is 48.6 Å². The highest BCUT2D eigenvalue weighted by molar-refractivity contribution is 5.97. The first-order valence-corrected chi connectivity index (χ1v) is 6.95. The number of carbonyl (C=O) groups is 1. The van der Waals surface area contributed by atoms with Gasteiger partial charge < -0.3 is 9.47 Å². The van der Waals surface area contributed by atoms with Gasteiger partial charge in [0.2, 0.25) is 0 Å². The Kier molecular flexibility index (Phi) is 2.89. The van der Waals surface area contributed by atoms with Gasteiger partial charge in [-0.05, 0) is 32.4 Å². The zero-order valence-electron chi connectivity index (χ0n) is 12.1. The van der Waals surface area contributed by atoms with Crippen LogP contribution in [0.25, 0.3) is 0 Å². The molecular formula is C16H19N3O. The third-order valence-electron chi connectivity index (χ3n) is 4.24. The molecular weight excluding hydrogens is 250 g/mol. The molecule has 0 spiro atoms. The third-order valence-corrected chi connectivity index (χ3v) is 4.24. The highest BCUT2D eigenvalue weighted by atomic mass is 16.2. The molecule has 1 unspecified atom stereocenters. The Bertz CT molecular complexity index is 631. The zero-order valence-corrected chi connectivity index (χ0v) is 12.1. The van der Waals surface area contributed by atoms with Crippen molar-refractivity contribution >= 4 is 5.91 Å². The summed E-state index contributed by atoms with van der Waals surface area (Å²) in [5, 5.41) is 0. The predicted octanol–water partition coefficient (Wildman–Crippen LogP) is 2.73. The van der Waals surface area contributed by atoms with Crippen molar-refractivity contribution in [1.82, 2.24) is 14.5 Å². The van der Waals surface area contributed by atoms with Crippen molar-refractivity contribution in [3.8, 4) is 0 Å². The van der Waals surface area contributed by atoms with E-state index in [9.17, 15) is 4.79 Å². The van der Waals surface area contributed by atoms with Crippen LogP contribution in [0.15, 0.2) is 43.0 Å². The highest BCUT2D eigenvalue weighted by Gasteiger charge is 2.45. The van der Waals surface area contributed by atoms with Crippen molar-refractivity contribution < 1.29 is 4.79 Å². The third kappa shape index (κ3) is 1.68. The second-order valence-electron chi connectivity index (χ2n) is 5.70. The average molecular weight is 269 g/mol. The fourth-order valence-corrected chi connectivity index (χ4v) is 3.36. The van der Waals surface area contributed by atoms with Gasteiger partial charge in [-0.2, -0.15) is 0 Å². The maximum absolute atomic E-state index is 12.7. The minimum atomic E-state index is -0.291. The van der Waals surface area contributed by atoms with E-state index in [2.05, 4.69) is 23.4 Å². The summed E-state index contributed by atoms with van der Waals surface area (Å²) in [6.45, 7) is 6.97. The van der Waals surface area contributed by atoms with Crippen LogP contribution in [-0.4, -0.2) is 32.4 Å². The molecule has 1 aromatic heterocycles. The number of nitrogens with zero attached hydrogens (tertiary/aromatic N) is 3. The number of fused-ring (bicyclic) bond motifs is 1. The number of carbonyl (C=O) groups excluding carboxylic acids is 1. The van der Waals surface area contributed by atoms with Gasteiger partial charge in [-0.15, -0.1) is 0 Å². The molecule has 4 nitrogen and oxygen atoms in total. The van der Waals surface area contributed by atoms with E-state index < -0.39 is 0 Å². The maximum Gasteiger partial charge on any atom is 0.254 e. The van der Waals surface area contributed by atoms with E-state index in [4.69, 9.17) is 0 Å². The number of amides is 1. The molecule has 1 atom stereocenters. The van der Waals surface area contributed by atoms with Crippen LogP contribution in [0.4, 0.5) is 0 Å². The lowest BCUT2D eigenvalue weighted by atomic mass is 9.80. The smallest absolute Gasteiger partial charge is 0.254 e. The van der Waals surface area contributed by atoms with Gasteiger partial charge >= 0.3 is 0 Å². The van der Waals surface area contributed by atoms with Gasteiger partial charge in [-0.3, -0.25) is 4.79 Å². The Balaban J connectivity index is 2.25. The van der Waals surface area contributed by atoms with Crippen LogP contribution in [0.1, 0.15) is 42.7 Å². The number of likely N-dealkylation sites (N-methyl/N-ethyl adjacent to an activating group) is 1. The summed E-state index contributed by atoms with van der Waals surface area (Å²) in [6, 6.07) is 7.96. The van der Waals surface area contributed by atoms with Crippen molar-refractivity contribution in [2.45, 2.75) is 32.4 Å². The number of hydrogen-bond acceptors (Lipinski definition) is 2. The largest absolute Gasteiger partial charge is 0.331 e. The molecule has 104 valence electrons. The number of rotatable bonds is 2. The number of aromatic nitrogens is 2. The molecule has 2 aromatic rings. The van der Waals surface area contributed by atoms with E-state index in [1.165, 1.54) is 0 Å². The molecule has 0 saturated carbocycles. The summed E-state index contributed by atoms with van der Waals surface area (Å²) in [4.78, 5) is 18.8. The summed E-state index contributed by atoms with van der Waals surface area (Å²) >= 11 is 0. The quantitative estimate of drug-likeness (QED) is 0.840. The fraction of sp³-hybridized carbons (Fsp3) is 0.375. The Morgan fingerprint density at radius 2 is 2.05 bits per heavy atom. The molecule has 0 aliphatic carbocycles. The van der Waals surface area contributed by atoms with Crippen molar-refractivity contribution in [3.63, 3.8) is 0 Å². The highest BCUT2D eigenvalue weighted by Crippen LogP contribution is 2.41. The van der Waals surface area contributed by atoms with Crippen LogP contribution in [0.3, 0.4) is 0 Å². The minimum Gasteiger partial charge on any atom is -0.331 e. The van der Waals surface area contributed by atoms with E-state index in [0.29, 0.717) is 6.54 Å². The molecule has 1 aromatic carbocycles. The molecule has 2 heterocycles. The summed E-state index contributed by atoms with van der Waals surface area (Å²) in [5.41, 5.74) is 1.58. The predicted molar refractivity (Wildman–Crippen MR) is 77.6 cm³/mol.